The Morgan fingerprint density at radius 3 is 2.39 bits per heavy atom. The van der Waals surface area contributed by atoms with Crippen molar-refractivity contribution in [1.82, 2.24) is 5.32 Å². The van der Waals surface area contributed by atoms with Crippen LogP contribution in [0.4, 0.5) is 8.78 Å². The van der Waals surface area contributed by atoms with Crippen molar-refractivity contribution in [2.45, 2.75) is 25.8 Å². The first kappa shape index (κ1) is 14.7. The molecule has 18 heavy (non-hydrogen) atoms. The molecular formula is C13H19F2NO2. The highest BCUT2D eigenvalue weighted by Crippen LogP contribution is 2.27. The number of rotatable bonds is 7. The van der Waals surface area contributed by atoms with Crippen LogP contribution in [0.15, 0.2) is 18.2 Å². The predicted molar refractivity (Wildman–Crippen MR) is 66.7 cm³/mol. The van der Waals surface area contributed by atoms with Gasteiger partial charge in [-0.25, -0.2) is 8.78 Å². The number of benzene rings is 1. The SMILES string of the molecule is COc1ccc(CCNC(C)C(F)F)cc1OC. The van der Waals surface area contributed by atoms with Crippen LogP contribution in [-0.2, 0) is 6.42 Å². The van der Waals surface area contributed by atoms with Crippen molar-refractivity contribution in [2.24, 2.45) is 0 Å². The average Bonchev–Trinajstić information content (AvgIpc) is 2.38. The van der Waals surface area contributed by atoms with Gasteiger partial charge in [0.15, 0.2) is 11.5 Å². The van der Waals surface area contributed by atoms with Gasteiger partial charge in [0, 0.05) is 0 Å². The first-order valence-electron chi connectivity index (χ1n) is 5.81. The average molecular weight is 259 g/mol. The van der Waals surface area contributed by atoms with E-state index in [1.807, 2.05) is 18.2 Å². The van der Waals surface area contributed by atoms with E-state index in [1.165, 1.54) is 6.92 Å². The van der Waals surface area contributed by atoms with Crippen molar-refractivity contribution in [2.75, 3.05) is 20.8 Å². The molecule has 0 saturated heterocycles. The van der Waals surface area contributed by atoms with Crippen LogP contribution in [0, 0.1) is 0 Å². The molecule has 0 heterocycles. The zero-order valence-corrected chi connectivity index (χ0v) is 10.9. The minimum Gasteiger partial charge on any atom is -0.493 e. The molecular weight excluding hydrogens is 240 g/mol. The molecule has 0 spiro atoms. The summed E-state index contributed by atoms with van der Waals surface area (Å²) >= 11 is 0. The van der Waals surface area contributed by atoms with E-state index in [4.69, 9.17) is 9.47 Å². The molecule has 3 nitrogen and oxygen atoms in total. The summed E-state index contributed by atoms with van der Waals surface area (Å²) in [6.45, 7) is 1.97. The molecule has 5 heteroatoms. The Kier molecular flexibility index (Phi) is 5.85. The van der Waals surface area contributed by atoms with Crippen LogP contribution in [-0.4, -0.2) is 33.2 Å². The molecule has 0 bridgehead atoms. The lowest BCUT2D eigenvalue weighted by Gasteiger charge is -2.13. The maximum absolute atomic E-state index is 12.3. The summed E-state index contributed by atoms with van der Waals surface area (Å²) in [6, 6.07) is 4.78. The van der Waals surface area contributed by atoms with E-state index < -0.39 is 12.5 Å². The van der Waals surface area contributed by atoms with E-state index >= 15 is 0 Å². The second-order valence-corrected chi connectivity index (χ2v) is 4.02. The highest BCUT2D eigenvalue weighted by Gasteiger charge is 2.13. The van der Waals surface area contributed by atoms with Gasteiger partial charge in [0.2, 0.25) is 0 Å². The Morgan fingerprint density at radius 1 is 1.17 bits per heavy atom. The minimum atomic E-state index is -2.34. The number of alkyl halides is 2. The quantitative estimate of drug-likeness (QED) is 0.816. The van der Waals surface area contributed by atoms with Crippen molar-refractivity contribution in [3.05, 3.63) is 23.8 Å². The molecule has 1 rings (SSSR count). The zero-order valence-electron chi connectivity index (χ0n) is 10.9. The fourth-order valence-corrected chi connectivity index (χ4v) is 1.57. The number of methoxy groups -OCH3 is 2. The fraction of sp³-hybridized carbons (Fsp3) is 0.538. The first-order valence-corrected chi connectivity index (χ1v) is 5.81. The second-order valence-electron chi connectivity index (χ2n) is 4.02. The van der Waals surface area contributed by atoms with Crippen LogP contribution >= 0.6 is 0 Å². The minimum absolute atomic E-state index is 0.501. The van der Waals surface area contributed by atoms with Crippen molar-refractivity contribution >= 4 is 0 Å². The molecule has 1 aromatic carbocycles. The number of hydrogen-bond acceptors (Lipinski definition) is 3. The molecule has 1 atom stereocenters. The largest absolute Gasteiger partial charge is 0.493 e. The number of nitrogens with one attached hydrogen (secondary N) is 1. The molecule has 1 unspecified atom stereocenters. The molecule has 0 radical (unpaired) electrons. The van der Waals surface area contributed by atoms with Crippen molar-refractivity contribution in [3.63, 3.8) is 0 Å². The molecule has 0 saturated carbocycles. The summed E-state index contributed by atoms with van der Waals surface area (Å²) in [6.07, 6.45) is -1.67. The molecule has 0 fully saturated rings. The van der Waals surface area contributed by atoms with Crippen LogP contribution in [0.5, 0.6) is 11.5 Å². The predicted octanol–water partition coefficient (Wildman–Crippen LogP) is 2.49. The van der Waals surface area contributed by atoms with Crippen LogP contribution in [0.25, 0.3) is 0 Å². The smallest absolute Gasteiger partial charge is 0.253 e. The summed E-state index contributed by atoms with van der Waals surface area (Å²) < 4.78 is 34.8. The second kappa shape index (κ2) is 7.16. The lowest BCUT2D eigenvalue weighted by atomic mass is 10.1. The third kappa shape index (κ3) is 4.14. The van der Waals surface area contributed by atoms with Crippen LogP contribution in [0.1, 0.15) is 12.5 Å². The molecule has 0 aliphatic rings. The maximum atomic E-state index is 12.3. The lowest BCUT2D eigenvalue weighted by molar-refractivity contribution is 0.106. The highest BCUT2D eigenvalue weighted by molar-refractivity contribution is 5.42. The normalized spacial score (nSPS) is 12.6. The standard InChI is InChI=1S/C13H19F2NO2/c1-9(13(14)15)16-7-6-10-4-5-11(17-2)12(8-10)18-3/h4-5,8-9,13,16H,6-7H2,1-3H3. The van der Waals surface area contributed by atoms with Gasteiger partial charge in [-0.05, 0) is 37.6 Å². The van der Waals surface area contributed by atoms with Gasteiger partial charge in [-0.1, -0.05) is 6.07 Å². The first-order chi connectivity index (χ1) is 8.58. The van der Waals surface area contributed by atoms with Gasteiger partial charge in [-0.3, -0.25) is 0 Å². The van der Waals surface area contributed by atoms with E-state index in [9.17, 15) is 8.78 Å². The Hall–Kier alpha value is -1.36. The molecule has 0 aliphatic heterocycles. The third-order valence-electron chi connectivity index (χ3n) is 2.71. The number of hydrogen-bond donors (Lipinski definition) is 1. The van der Waals surface area contributed by atoms with Crippen molar-refractivity contribution in [1.29, 1.82) is 0 Å². The summed E-state index contributed by atoms with van der Waals surface area (Å²) in [5.74, 6) is 1.31. The molecule has 1 N–H and O–H groups in total. The summed E-state index contributed by atoms with van der Waals surface area (Å²) in [4.78, 5) is 0. The van der Waals surface area contributed by atoms with Gasteiger partial charge >= 0.3 is 0 Å². The fourth-order valence-electron chi connectivity index (χ4n) is 1.57. The van der Waals surface area contributed by atoms with Crippen molar-refractivity contribution in [3.8, 4) is 11.5 Å². The Bertz CT molecular complexity index is 372. The molecule has 0 aromatic heterocycles. The monoisotopic (exact) mass is 259 g/mol. The van der Waals surface area contributed by atoms with Crippen LogP contribution in [0.2, 0.25) is 0 Å². The molecule has 0 aliphatic carbocycles. The van der Waals surface area contributed by atoms with E-state index in [0.717, 1.165) is 5.56 Å². The Balaban J connectivity index is 2.53. The van der Waals surface area contributed by atoms with Crippen LogP contribution < -0.4 is 14.8 Å². The molecule has 0 amide bonds. The van der Waals surface area contributed by atoms with Gasteiger partial charge in [0.1, 0.15) is 0 Å². The van der Waals surface area contributed by atoms with E-state index in [2.05, 4.69) is 5.32 Å². The Labute approximate surface area is 106 Å². The summed E-state index contributed by atoms with van der Waals surface area (Å²) in [5.41, 5.74) is 1.02. The van der Waals surface area contributed by atoms with Gasteiger partial charge in [0.25, 0.3) is 6.43 Å². The highest BCUT2D eigenvalue weighted by atomic mass is 19.3. The van der Waals surface area contributed by atoms with Gasteiger partial charge in [0.05, 0.1) is 20.3 Å². The number of ether oxygens (including phenoxy) is 2. The Morgan fingerprint density at radius 2 is 1.83 bits per heavy atom. The zero-order chi connectivity index (χ0) is 13.5. The molecule has 102 valence electrons. The molecule has 1 aromatic rings. The third-order valence-corrected chi connectivity index (χ3v) is 2.71. The summed E-state index contributed by atoms with van der Waals surface area (Å²) in [7, 11) is 3.14. The maximum Gasteiger partial charge on any atom is 0.253 e. The van der Waals surface area contributed by atoms with E-state index in [-0.39, 0.29) is 0 Å². The lowest BCUT2D eigenvalue weighted by Crippen LogP contribution is -2.33. The van der Waals surface area contributed by atoms with Gasteiger partial charge in [-0.15, -0.1) is 0 Å². The number of halogens is 2. The van der Waals surface area contributed by atoms with Crippen LogP contribution in [0.3, 0.4) is 0 Å². The van der Waals surface area contributed by atoms with E-state index in [0.29, 0.717) is 24.5 Å². The topological polar surface area (TPSA) is 30.5 Å². The summed E-state index contributed by atoms with van der Waals surface area (Å²) in [5, 5.41) is 2.77. The van der Waals surface area contributed by atoms with Gasteiger partial charge in [-0.2, -0.15) is 0 Å². The van der Waals surface area contributed by atoms with Crippen molar-refractivity contribution < 1.29 is 18.3 Å². The van der Waals surface area contributed by atoms with E-state index in [1.54, 1.807) is 14.2 Å². The van der Waals surface area contributed by atoms with Gasteiger partial charge < -0.3 is 14.8 Å².